The maximum absolute atomic E-state index is 13.5. The summed E-state index contributed by atoms with van der Waals surface area (Å²) in [5, 5.41) is 1.02. The second-order valence-electron chi connectivity index (χ2n) is 7.97. The zero-order valence-corrected chi connectivity index (χ0v) is 19.5. The van der Waals surface area contributed by atoms with Gasteiger partial charge in [-0.2, -0.15) is 0 Å². The number of nitrogens with zero attached hydrogens (tertiary/aromatic N) is 5. The number of aromatic nitrogens is 5. The number of hydrogen-bond acceptors (Lipinski definition) is 5. The van der Waals surface area contributed by atoms with Crippen molar-refractivity contribution in [2.75, 3.05) is 13.7 Å². The van der Waals surface area contributed by atoms with Crippen molar-refractivity contribution in [3.63, 3.8) is 0 Å². The van der Waals surface area contributed by atoms with Gasteiger partial charge in [-0.25, -0.2) is 19.5 Å². The first-order valence-electron chi connectivity index (χ1n) is 10.8. The molecule has 0 aliphatic rings. The van der Waals surface area contributed by atoms with Gasteiger partial charge in [0.1, 0.15) is 17.5 Å². The zero-order chi connectivity index (χ0) is 23.7. The maximum Gasteiger partial charge on any atom is 0.267 e. The largest absolute Gasteiger partial charge is 0.383 e. The van der Waals surface area contributed by atoms with Crippen LogP contribution >= 0.6 is 11.6 Å². The lowest BCUT2D eigenvalue weighted by Crippen LogP contribution is -2.22. The summed E-state index contributed by atoms with van der Waals surface area (Å²) in [6.07, 6.45) is 5.25. The molecule has 5 rings (SSSR count). The van der Waals surface area contributed by atoms with Gasteiger partial charge in [-0.15, -0.1) is 0 Å². The average Bonchev–Trinajstić information content (AvgIpc) is 3.35. The van der Waals surface area contributed by atoms with Crippen molar-refractivity contribution in [3.8, 4) is 28.6 Å². The molecule has 0 spiro atoms. The summed E-state index contributed by atoms with van der Waals surface area (Å²) < 4.78 is 8.91. The summed E-state index contributed by atoms with van der Waals surface area (Å²) in [6, 6.07) is 18.7. The number of imidazole rings is 1. The molecule has 1 unspecified atom stereocenters. The highest BCUT2D eigenvalue weighted by atomic mass is 35.5. The average molecular weight is 472 g/mol. The van der Waals surface area contributed by atoms with E-state index in [0.29, 0.717) is 34.2 Å². The molecule has 7 nitrogen and oxygen atoms in total. The summed E-state index contributed by atoms with van der Waals surface area (Å²) in [7, 11) is 1.69. The monoisotopic (exact) mass is 471 g/mol. The van der Waals surface area contributed by atoms with Gasteiger partial charge >= 0.3 is 0 Å². The molecule has 0 saturated heterocycles. The molecule has 0 radical (unpaired) electrons. The molecule has 2 aromatic carbocycles. The summed E-state index contributed by atoms with van der Waals surface area (Å²) in [5.74, 6) is 1.80. The second kappa shape index (κ2) is 9.21. The van der Waals surface area contributed by atoms with E-state index in [1.54, 1.807) is 31.5 Å². The van der Waals surface area contributed by atoms with E-state index in [0.717, 1.165) is 17.0 Å². The second-order valence-corrected chi connectivity index (χ2v) is 8.40. The molecular formula is C26H22ClN5O2. The number of halogens is 1. The van der Waals surface area contributed by atoms with Crippen molar-refractivity contribution in [1.29, 1.82) is 0 Å². The zero-order valence-electron chi connectivity index (χ0n) is 18.7. The summed E-state index contributed by atoms with van der Waals surface area (Å²) in [4.78, 5) is 27.2. The molecule has 0 bridgehead atoms. The molecular weight excluding hydrogens is 450 g/mol. The van der Waals surface area contributed by atoms with Crippen LogP contribution in [0.1, 0.15) is 13.0 Å². The Balaban J connectivity index is 1.64. The topological polar surface area (TPSA) is 74.8 Å². The van der Waals surface area contributed by atoms with Crippen molar-refractivity contribution < 1.29 is 4.74 Å². The van der Waals surface area contributed by atoms with Gasteiger partial charge in [-0.1, -0.05) is 48.0 Å². The van der Waals surface area contributed by atoms with E-state index in [1.165, 1.54) is 10.8 Å². The number of pyridine rings is 1. The van der Waals surface area contributed by atoms with Crippen molar-refractivity contribution in [2.45, 2.75) is 13.0 Å². The Labute approximate surface area is 201 Å². The van der Waals surface area contributed by atoms with Gasteiger partial charge in [-0.3, -0.25) is 4.79 Å². The molecule has 34 heavy (non-hydrogen) atoms. The van der Waals surface area contributed by atoms with E-state index in [4.69, 9.17) is 21.3 Å². The third-order valence-corrected chi connectivity index (χ3v) is 5.89. The van der Waals surface area contributed by atoms with Gasteiger partial charge in [0.25, 0.3) is 5.56 Å². The molecule has 1 atom stereocenters. The van der Waals surface area contributed by atoms with E-state index >= 15 is 0 Å². The highest BCUT2D eigenvalue weighted by Gasteiger charge is 2.17. The number of ether oxygens (including phenoxy) is 1. The van der Waals surface area contributed by atoms with Crippen molar-refractivity contribution in [1.82, 2.24) is 24.1 Å². The number of hydrogen-bond donors (Lipinski definition) is 0. The fourth-order valence-corrected chi connectivity index (χ4v) is 4.13. The number of para-hydroxylation sites is 1. The third kappa shape index (κ3) is 4.00. The number of rotatable bonds is 6. The first kappa shape index (κ1) is 22.0. The van der Waals surface area contributed by atoms with Crippen LogP contribution in [0, 0.1) is 0 Å². The first-order valence-corrected chi connectivity index (χ1v) is 11.2. The number of fused-ring (bicyclic) bond motifs is 1. The summed E-state index contributed by atoms with van der Waals surface area (Å²) in [6.45, 7) is 2.67. The van der Waals surface area contributed by atoms with Crippen LogP contribution in [0.25, 0.3) is 39.5 Å². The molecule has 3 aromatic heterocycles. The van der Waals surface area contributed by atoms with Gasteiger partial charge in [0.2, 0.25) is 0 Å². The van der Waals surface area contributed by atoms with Crippen LogP contribution in [0.2, 0.25) is 5.02 Å². The summed E-state index contributed by atoms with van der Waals surface area (Å²) in [5.41, 5.74) is 2.17. The molecule has 8 heteroatoms. The fourth-order valence-electron chi connectivity index (χ4n) is 4.02. The van der Waals surface area contributed by atoms with Crippen LogP contribution in [-0.4, -0.2) is 37.8 Å². The van der Waals surface area contributed by atoms with Crippen molar-refractivity contribution >= 4 is 22.5 Å². The van der Waals surface area contributed by atoms with Crippen LogP contribution in [-0.2, 0) is 4.74 Å². The van der Waals surface area contributed by atoms with Gasteiger partial charge < -0.3 is 9.30 Å². The van der Waals surface area contributed by atoms with Gasteiger partial charge in [0.15, 0.2) is 0 Å². The highest BCUT2D eigenvalue weighted by molar-refractivity contribution is 6.30. The smallest absolute Gasteiger partial charge is 0.267 e. The quantitative estimate of drug-likeness (QED) is 0.341. The van der Waals surface area contributed by atoms with Gasteiger partial charge in [0.05, 0.1) is 28.6 Å². The normalized spacial score (nSPS) is 12.2. The van der Waals surface area contributed by atoms with E-state index < -0.39 is 0 Å². The summed E-state index contributed by atoms with van der Waals surface area (Å²) >= 11 is 6.03. The molecule has 0 N–H and O–H groups in total. The van der Waals surface area contributed by atoms with Crippen LogP contribution in [0.15, 0.2) is 84.0 Å². The number of benzene rings is 2. The SMILES string of the molecule is COCC(C)n1ccnc1-c1ccc(-c2nc3ccccc3c(=O)n2-c2ccc(Cl)cn2)cc1. The lowest BCUT2D eigenvalue weighted by atomic mass is 10.1. The standard InChI is InChI=1S/C26H22ClN5O2/c1-17(16-34-2)31-14-13-28-24(31)18-7-9-19(10-8-18)25-30-22-6-4-3-5-21(22)26(33)32(25)23-12-11-20(27)15-29-23/h3-15,17H,16H2,1-2H3. The van der Waals surface area contributed by atoms with E-state index in [-0.39, 0.29) is 11.6 Å². The molecule has 170 valence electrons. The molecule has 0 aliphatic carbocycles. The number of methoxy groups -OCH3 is 1. The predicted octanol–water partition coefficient (Wildman–Crippen LogP) is 5.17. The Morgan fingerprint density at radius 3 is 2.41 bits per heavy atom. The van der Waals surface area contributed by atoms with Crippen molar-refractivity contribution in [3.05, 3.63) is 94.6 Å². The van der Waals surface area contributed by atoms with Crippen molar-refractivity contribution in [2.24, 2.45) is 0 Å². The van der Waals surface area contributed by atoms with Crippen LogP contribution < -0.4 is 5.56 Å². The minimum absolute atomic E-state index is 0.144. The Kier molecular flexibility index (Phi) is 5.96. The molecule has 0 amide bonds. The van der Waals surface area contributed by atoms with Gasteiger partial charge in [-0.05, 0) is 31.2 Å². The lowest BCUT2D eigenvalue weighted by Gasteiger charge is -2.16. The molecule has 0 aliphatic heterocycles. The molecule has 5 aromatic rings. The van der Waals surface area contributed by atoms with E-state index in [1.807, 2.05) is 48.7 Å². The Morgan fingerprint density at radius 2 is 1.71 bits per heavy atom. The van der Waals surface area contributed by atoms with E-state index in [9.17, 15) is 4.79 Å². The third-order valence-electron chi connectivity index (χ3n) is 5.67. The Morgan fingerprint density at radius 1 is 0.971 bits per heavy atom. The minimum atomic E-state index is -0.191. The Bertz CT molecular complexity index is 1510. The van der Waals surface area contributed by atoms with Crippen LogP contribution in [0.5, 0.6) is 0 Å². The lowest BCUT2D eigenvalue weighted by molar-refractivity contribution is 0.163. The highest BCUT2D eigenvalue weighted by Crippen LogP contribution is 2.26. The first-order chi connectivity index (χ1) is 16.6. The fraction of sp³-hybridized carbons (Fsp3) is 0.154. The van der Waals surface area contributed by atoms with Gasteiger partial charge in [0, 0.05) is 36.8 Å². The molecule has 3 heterocycles. The Hall–Kier alpha value is -3.81. The minimum Gasteiger partial charge on any atom is -0.383 e. The molecule has 0 fully saturated rings. The van der Waals surface area contributed by atoms with Crippen LogP contribution in [0.3, 0.4) is 0 Å². The predicted molar refractivity (Wildman–Crippen MR) is 133 cm³/mol. The van der Waals surface area contributed by atoms with Crippen LogP contribution in [0.4, 0.5) is 0 Å². The molecule has 0 saturated carbocycles. The maximum atomic E-state index is 13.5. The van der Waals surface area contributed by atoms with E-state index in [2.05, 4.69) is 21.5 Å².